The summed E-state index contributed by atoms with van der Waals surface area (Å²) in [5, 5.41) is 7.61. The van der Waals surface area contributed by atoms with Gasteiger partial charge in [-0.1, -0.05) is 30.3 Å². The molecule has 0 radical (unpaired) electrons. The topological polar surface area (TPSA) is 78.8 Å². The van der Waals surface area contributed by atoms with Gasteiger partial charge in [0, 0.05) is 19.6 Å². The van der Waals surface area contributed by atoms with E-state index in [-0.39, 0.29) is 36.0 Å². The number of hydrogen-bond donors (Lipinski definition) is 2. The van der Waals surface area contributed by atoms with Gasteiger partial charge < -0.3 is 20.3 Å². The number of aliphatic imine (C=N–C) groups is 1. The second-order valence-corrected chi connectivity index (χ2v) is 8.34. The van der Waals surface area contributed by atoms with Crippen molar-refractivity contribution in [1.82, 2.24) is 20.5 Å². The lowest BCUT2D eigenvalue weighted by atomic mass is 10.1. The molecule has 0 amide bonds. The number of hydrogen-bond acceptors (Lipinski definition) is 6. The van der Waals surface area contributed by atoms with Gasteiger partial charge in [-0.3, -0.25) is 4.99 Å². The maximum atomic E-state index is 12.1. The molecule has 0 aliphatic rings. The molecule has 0 spiro atoms. The van der Waals surface area contributed by atoms with Crippen molar-refractivity contribution in [1.29, 1.82) is 0 Å². The lowest BCUT2D eigenvalue weighted by Gasteiger charge is -2.26. The van der Waals surface area contributed by atoms with Gasteiger partial charge in [0.1, 0.15) is 9.88 Å². The average molecular weight is 560 g/mol. The van der Waals surface area contributed by atoms with E-state index in [1.54, 1.807) is 14.0 Å². The van der Waals surface area contributed by atoms with Crippen molar-refractivity contribution in [2.24, 2.45) is 4.99 Å². The van der Waals surface area contributed by atoms with Crippen molar-refractivity contribution >= 4 is 47.2 Å². The van der Waals surface area contributed by atoms with Crippen molar-refractivity contribution in [3.05, 3.63) is 51.5 Å². The Balaban J connectivity index is 0.00000480. The number of ether oxygens (including phenoxy) is 1. The van der Waals surface area contributed by atoms with Gasteiger partial charge >= 0.3 is 5.97 Å². The van der Waals surface area contributed by atoms with Crippen molar-refractivity contribution < 1.29 is 9.53 Å². The first-order valence-electron chi connectivity index (χ1n) is 10.2. The minimum Gasteiger partial charge on any atom is -0.462 e. The number of carbonyl (C=O) groups excluding carboxylic acids is 1. The Hall–Kier alpha value is -1.72. The molecule has 172 valence electrons. The van der Waals surface area contributed by atoms with Crippen LogP contribution in [0.25, 0.3) is 0 Å². The average Bonchev–Trinajstić information content (AvgIpc) is 3.12. The van der Waals surface area contributed by atoms with Crippen LogP contribution in [0.5, 0.6) is 0 Å². The van der Waals surface area contributed by atoms with Gasteiger partial charge in [-0.05, 0) is 46.9 Å². The molecule has 1 heterocycles. The third-order valence-corrected chi connectivity index (χ3v) is 6.09. The first-order chi connectivity index (χ1) is 14.3. The molecule has 0 aliphatic carbocycles. The molecular formula is C22H34IN5O2S. The second-order valence-electron chi connectivity index (χ2n) is 7.31. The number of thiazole rings is 1. The van der Waals surface area contributed by atoms with E-state index in [0.29, 0.717) is 29.2 Å². The third kappa shape index (κ3) is 8.38. The number of likely N-dealkylation sites (N-methyl/N-ethyl adjacent to an activating group) is 1. The quantitative estimate of drug-likeness (QED) is 0.212. The molecular weight excluding hydrogens is 525 g/mol. The van der Waals surface area contributed by atoms with Crippen molar-refractivity contribution in [2.45, 2.75) is 39.3 Å². The smallest absolute Gasteiger partial charge is 0.350 e. The summed E-state index contributed by atoms with van der Waals surface area (Å²) in [6, 6.07) is 10.7. The number of nitrogens with one attached hydrogen (secondary N) is 2. The van der Waals surface area contributed by atoms with Gasteiger partial charge in [0.2, 0.25) is 0 Å². The SMILES string of the molecule is CCOC(=O)c1sc(C(C)NC(=NC)NCC(Cc2ccccc2)N(C)C)nc1C.I. The summed E-state index contributed by atoms with van der Waals surface area (Å²) in [6.07, 6.45) is 0.946. The number of aromatic nitrogens is 1. The van der Waals surface area contributed by atoms with Crippen LogP contribution in [-0.4, -0.2) is 62.1 Å². The van der Waals surface area contributed by atoms with Crippen LogP contribution in [0.15, 0.2) is 35.3 Å². The van der Waals surface area contributed by atoms with E-state index in [2.05, 4.69) is 63.9 Å². The highest BCUT2D eigenvalue weighted by Gasteiger charge is 2.20. The largest absolute Gasteiger partial charge is 0.462 e. The standard InChI is InChI=1S/C22H33N5O2S.HI/c1-7-29-21(28)19-15(2)25-20(30-19)16(3)26-22(23-4)24-14-18(27(5)6)13-17-11-9-8-10-12-17;/h8-12,16,18H,7,13-14H2,1-6H3,(H2,23,24,26);1H. The molecule has 2 rings (SSSR count). The molecule has 7 nitrogen and oxygen atoms in total. The fraction of sp³-hybridized carbons (Fsp3) is 0.500. The number of esters is 1. The number of nitrogens with zero attached hydrogens (tertiary/aromatic N) is 3. The maximum absolute atomic E-state index is 12.1. The Morgan fingerprint density at radius 1 is 1.29 bits per heavy atom. The Morgan fingerprint density at radius 2 is 1.97 bits per heavy atom. The molecule has 0 fully saturated rings. The fourth-order valence-corrected chi connectivity index (χ4v) is 3.95. The Morgan fingerprint density at radius 3 is 2.55 bits per heavy atom. The van der Waals surface area contributed by atoms with Crippen molar-refractivity contribution in [3.8, 4) is 0 Å². The van der Waals surface area contributed by atoms with Gasteiger partial charge in [-0.2, -0.15) is 0 Å². The Labute approximate surface area is 206 Å². The summed E-state index contributed by atoms with van der Waals surface area (Å²) in [5.41, 5.74) is 2.00. The summed E-state index contributed by atoms with van der Waals surface area (Å²) in [7, 11) is 5.92. The normalized spacial score (nSPS) is 13.3. The lowest BCUT2D eigenvalue weighted by Crippen LogP contribution is -2.46. The Bertz CT molecular complexity index is 842. The second kappa shape index (κ2) is 13.6. The van der Waals surface area contributed by atoms with Crippen LogP contribution in [0.3, 0.4) is 0 Å². The summed E-state index contributed by atoms with van der Waals surface area (Å²) in [4.78, 5) is 23.7. The number of halogens is 1. The number of carbonyl (C=O) groups is 1. The molecule has 31 heavy (non-hydrogen) atoms. The molecule has 1 aromatic heterocycles. The summed E-state index contributed by atoms with van der Waals surface area (Å²) in [6.45, 7) is 6.74. The molecule has 2 N–H and O–H groups in total. The van der Waals surface area contributed by atoms with Gasteiger partial charge in [0.15, 0.2) is 5.96 Å². The fourth-order valence-electron chi connectivity index (χ4n) is 2.99. The molecule has 2 atom stereocenters. The molecule has 0 bridgehead atoms. The van der Waals surface area contributed by atoms with Crippen LogP contribution in [0.4, 0.5) is 0 Å². The van der Waals surface area contributed by atoms with E-state index in [0.717, 1.165) is 18.0 Å². The number of guanidine groups is 1. The van der Waals surface area contributed by atoms with E-state index in [9.17, 15) is 4.79 Å². The minimum absolute atomic E-state index is 0. The highest BCUT2D eigenvalue weighted by Crippen LogP contribution is 2.24. The lowest BCUT2D eigenvalue weighted by molar-refractivity contribution is 0.0531. The number of benzene rings is 1. The van der Waals surface area contributed by atoms with Crippen LogP contribution in [0.2, 0.25) is 0 Å². The highest BCUT2D eigenvalue weighted by atomic mass is 127. The van der Waals surface area contributed by atoms with Crippen LogP contribution >= 0.6 is 35.3 Å². The predicted molar refractivity (Wildman–Crippen MR) is 139 cm³/mol. The van der Waals surface area contributed by atoms with Crippen LogP contribution in [0.1, 0.15) is 45.8 Å². The van der Waals surface area contributed by atoms with Gasteiger partial charge in [0.25, 0.3) is 0 Å². The van der Waals surface area contributed by atoms with Crippen LogP contribution in [-0.2, 0) is 11.2 Å². The zero-order valence-corrected chi connectivity index (χ0v) is 22.3. The van der Waals surface area contributed by atoms with E-state index >= 15 is 0 Å². The Kier molecular flexibility index (Phi) is 12.0. The maximum Gasteiger partial charge on any atom is 0.350 e. The van der Waals surface area contributed by atoms with Crippen molar-refractivity contribution in [3.63, 3.8) is 0 Å². The van der Waals surface area contributed by atoms with E-state index in [4.69, 9.17) is 4.74 Å². The zero-order valence-electron chi connectivity index (χ0n) is 19.1. The molecule has 0 saturated heterocycles. The van der Waals surface area contributed by atoms with Gasteiger partial charge in [-0.15, -0.1) is 35.3 Å². The van der Waals surface area contributed by atoms with E-state index in [1.165, 1.54) is 16.9 Å². The highest BCUT2D eigenvalue weighted by molar-refractivity contribution is 14.0. The minimum atomic E-state index is -0.316. The van der Waals surface area contributed by atoms with Gasteiger partial charge in [0.05, 0.1) is 18.3 Å². The molecule has 9 heteroatoms. The third-order valence-electron chi connectivity index (χ3n) is 4.77. The van der Waals surface area contributed by atoms with E-state index in [1.807, 2.05) is 19.9 Å². The summed E-state index contributed by atoms with van der Waals surface area (Å²) < 4.78 is 5.11. The summed E-state index contributed by atoms with van der Waals surface area (Å²) >= 11 is 1.36. The summed E-state index contributed by atoms with van der Waals surface area (Å²) in [5.74, 6) is 0.385. The molecule has 0 saturated carbocycles. The molecule has 2 aromatic rings. The monoisotopic (exact) mass is 559 g/mol. The zero-order chi connectivity index (χ0) is 22.1. The van der Waals surface area contributed by atoms with Crippen LogP contribution in [0, 0.1) is 6.92 Å². The molecule has 1 aromatic carbocycles. The van der Waals surface area contributed by atoms with Gasteiger partial charge in [-0.25, -0.2) is 9.78 Å². The van der Waals surface area contributed by atoms with Crippen LogP contribution < -0.4 is 10.6 Å². The first kappa shape index (κ1) is 27.3. The molecule has 2 unspecified atom stereocenters. The molecule has 0 aliphatic heterocycles. The first-order valence-corrected chi connectivity index (χ1v) is 11.0. The predicted octanol–water partition coefficient (Wildman–Crippen LogP) is 3.65. The number of rotatable bonds is 9. The number of aryl methyl sites for hydroxylation is 1. The van der Waals surface area contributed by atoms with E-state index < -0.39 is 0 Å². The van der Waals surface area contributed by atoms with Crippen molar-refractivity contribution in [2.75, 3.05) is 34.3 Å².